The SMILES string of the molecule is Nc1ncc(-c2ccc(-c3ccccc3)cc2)n1C1CCCCC1. The summed E-state index contributed by atoms with van der Waals surface area (Å²) in [5.41, 5.74) is 11.0. The van der Waals surface area contributed by atoms with Gasteiger partial charge in [0.15, 0.2) is 0 Å². The lowest BCUT2D eigenvalue weighted by Gasteiger charge is -2.25. The summed E-state index contributed by atoms with van der Waals surface area (Å²) in [4.78, 5) is 4.39. The topological polar surface area (TPSA) is 43.8 Å². The van der Waals surface area contributed by atoms with Gasteiger partial charge in [0.05, 0.1) is 11.9 Å². The highest BCUT2D eigenvalue weighted by molar-refractivity contribution is 5.69. The number of nitrogens with zero attached hydrogens (tertiary/aromatic N) is 2. The monoisotopic (exact) mass is 317 g/mol. The van der Waals surface area contributed by atoms with Gasteiger partial charge in [0, 0.05) is 6.04 Å². The van der Waals surface area contributed by atoms with Crippen molar-refractivity contribution in [2.75, 3.05) is 5.73 Å². The molecule has 0 bridgehead atoms. The predicted molar refractivity (Wildman–Crippen MR) is 99.6 cm³/mol. The van der Waals surface area contributed by atoms with Gasteiger partial charge in [-0.25, -0.2) is 4.98 Å². The first-order chi connectivity index (χ1) is 11.8. The number of rotatable bonds is 3. The van der Waals surface area contributed by atoms with Crippen LogP contribution in [0.5, 0.6) is 0 Å². The highest BCUT2D eigenvalue weighted by Gasteiger charge is 2.21. The fraction of sp³-hybridized carbons (Fsp3) is 0.286. The molecular weight excluding hydrogens is 294 g/mol. The van der Waals surface area contributed by atoms with Crippen molar-refractivity contribution in [3.8, 4) is 22.4 Å². The van der Waals surface area contributed by atoms with Crippen molar-refractivity contribution in [3.63, 3.8) is 0 Å². The zero-order chi connectivity index (χ0) is 16.4. The Morgan fingerprint density at radius 1 is 0.792 bits per heavy atom. The van der Waals surface area contributed by atoms with Crippen molar-refractivity contribution in [2.24, 2.45) is 0 Å². The van der Waals surface area contributed by atoms with E-state index in [9.17, 15) is 0 Å². The first-order valence-corrected chi connectivity index (χ1v) is 8.81. The Labute approximate surface area is 143 Å². The third-order valence-corrected chi connectivity index (χ3v) is 5.05. The quantitative estimate of drug-likeness (QED) is 0.712. The molecule has 1 aliphatic rings. The zero-order valence-corrected chi connectivity index (χ0v) is 13.9. The van der Waals surface area contributed by atoms with Crippen LogP contribution in [0.3, 0.4) is 0 Å². The van der Waals surface area contributed by atoms with E-state index in [2.05, 4.69) is 58.1 Å². The molecule has 0 radical (unpaired) electrons. The summed E-state index contributed by atoms with van der Waals surface area (Å²) in [5.74, 6) is 0.643. The highest BCUT2D eigenvalue weighted by atomic mass is 15.2. The normalized spacial score (nSPS) is 15.5. The van der Waals surface area contributed by atoms with Gasteiger partial charge in [-0.15, -0.1) is 0 Å². The Hall–Kier alpha value is -2.55. The van der Waals surface area contributed by atoms with Gasteiger partial charge in [-0.05, 0) is 29.5 Å². The number of anilines is 1. The van der Waals surface area contributed by atoms with E-state index in [-0.39, 0.29) is 0 Å². The number of benzene rings is 2. The van der Waals surface area contributed by atoms with Gasteiger partial charge >= 0.3 is 0 Å². The minimum Gasteiger partial charge on any atom is -0.369 e. The number of hydrogen-bond acceptors (Lipinski definition) is 2. The average molecular weight is 317 g/mol. The molecule has 0 spiro atoms. The first-order valence-electron chi connectivity index (χ1n) is 8.81. The van der Waals surface area contributed by atoms with Crippen LogP contribution in [0.2, 0.25) is 0 Å². The molecule has 1 fully saturated rings. The molecule has 1 aliphatic carbocycles. The molecule has 1 heterocycles. The van der Waals surface area contributed by atoms with Crippen LogP contribution in [0.15, 0.2) is 60.8 Å². The summed E-state index contributed by atoms with van der Waals surface area (Å²) in [5, 5.41) is 0. The van der Waals surface area contributed by atoms with Gasteiger partial charge in [0.25, 0.3) is 0 Å². The Bertz CT molecular complexity index is 797. The molecule has 0 amide bonds. The molecule has 0 saturated heterocycles. The molecule has 3 aromatic rings. The molecule has 24 heavy (non-hydrogen) atoms. The van der Waals surface area contributed by atoms with Crippen molar-refractivity contribution < 1.29 is 0 Å². The smallest absolute Gasteiger partial charge is 0.200 e. The van der Waals surface area contributed by atoms with Crippen molar-refractivity contribution in [1.29, 1.82) is 0 Å². The molecule has 1 saturated carbocycles. The lowest BCUT2D eigenvalue weighted by Crippen LogP contribution is -2.16. The van der Waals surface area contributed by atoms with Crippen molar-refractivity contribution in [2.45, 2.75) is 38.1 Å². The van der Waals surface area contributed by atoms with Crippen molar-refractivity contribution in [3.05, 3.63) is 60.8 Å². The fourth-order valence-corrected chi connectivity index (χ4v) is 3.78. The van der Waals surface area contributed by atoms with Crippen molar-refractivity contribution >= 4 is 5.95 Å². The van der Waals surface area contributed by atoms with Crippen LogP contribution < -0.4 is 5.73 Å². The van der Waals surface area contributed by atoms with E-state index in [1.54, 1.807) is 0 Å². The average Bonchev–Trinajstić information content (AvgIpc) is 3.05. The van der Waals surface area contributed by atoms with Gasteiger partial charge < -0.3 is 10.3 Å². The third-order valence-electron chi connectivity index (χ3n) is 5.05. The minimum absolute atomic E-state index is 0.491. The molecule has 4 rings (SSSR count). The molecule has 1 aromatic heterocycles. The van der Waals surface area contributed by atoms with Crippen LogP contribution >= 0.6 is 0 Å². The van der Waals surface area contributed by atoms with Crippen LogP contribution in [0.1, 0.15) is 38.1 Å². The van der Waals surface area contributed by atoms with E-state index in [0.717, 1.165) is 5.69 Å². The van der Waals surface area contributed by atoms with Gasteiger partial charge in [0.2, 0.25) is 5.95 Å². The molecular formula is C21H23N3. The van der Waals surface area contributed by atoms with Crippen LogP contribution in [-0.2, 0) is 0 Å². The Morgan fingerprint density at radius 2 is 1.42 bits per heavy atom. The maximum absolute atomic E-state index is 6.18. The number of hydrogen-bond donors (Lipinski definition) is 1. The maximum Gasteiger partial charge on any atom is 0.200 e. The summed E-state index contributed by atoms with van der Waals surface area (Å²) in [6.45, 7) is 0. The van der Waals surface area contributed by atoms with E-state index < -0.39 is 0 Å². The van der Waals surface area contributed by atoms with Crippen LogP contribution in [0.25, 0.3) is 22.4 Å². The molecule has 3 nitrogen and oxygen atoms in total. The van der Waals surface area contributed by atoms with Crippen LogP contribution in [0.4, 0.5) is 5.95 Å². The molecule has 0 unspecified atom stereocenters. The second-order valence-corrected chi connectivity index (χ2v) is 6.61. The van der Waals surface area contributed by atoms with Gasteiger partial charge in [-0.1, -0.05) is 73.9 Å². The summed E-state index contributed by atoms with van der Waals surface area (Å²) in [6.07, 6.45) is 8.24. The Kier molecular flexibility index (Phi) is 4.08. The third kappa shape index (κ3) is 2.82. The van der Waals surface area contributed by atoms with E-state index in [4.69, 9.17) is 5.73 Å². The number of aromatic nitrogens is 2. The zero-order valence-electron chi connectivity index (χ0n) is 13.9. The first kappa shape index (κ1) is 15.0. The number of nitrogens with two attached hydrogens (primary N) is 1. The number of imidazole rings is 1. The largest absolute Gasteiger partial charge is 0.369 e. The standard InChI is InChI=1S/C21H23N3/c22-21-23-15-20(24(21)19-9-5-2-6-10-19)18-13-11-17(12-14-18)16-7-3-1-4-8-16/h1,3-4,7-8,11-15,19H,2,5-6,9-10H2,(H2,22,23). The number of nitrogen functional groups attached to an aromatic ring is 1. The highest BCUT2D eigenvalue weighted by Crippen LogP contribution is 2.35. The van der Waals surface area contributed by atoms with E-state index in [0.29, 0.717) is 12.0 Å². The van der Waals surface area contributed by atoms with Gasteiger partial charge in [-0.2, -0.15) is 0 Å². The maximum atomic E-state index is 6.18. The molecule has 0 atom stereocenters. The molecule has 122 valence electrons. The summed E-state index contributed by atoms with van der Waals surface area (Å²) in [6, 6.07) is 19.7. The lowest BCUT2D eigenvalue weighted by molar-refractivity contribution is 0.359. The van der Waals surface area contributed by atoms with Crippen LogP contribution in [0, 0.1) is 0 Å². The minimum atomic E-state index is 0.491. The summed E-state index contributed by atoms with van der Waals surface area (Å²) < 4.78 is 2.25. The second kappa shape index (κ2) is 6.52. The molecule has 2 aromatic carbocycles. The van der Waals surface area contributed by atoms with Gasteiger partial charge in [-0.3, -0.25) is 0 Å². The van der Waals surface area contributed by atoms with E-state index in [1.165, 1.54) is 48.8 Å². The fourth-order valence-electron chi connectivity index (χ4n) is 3.78. The molecule has 0 aliphatic heterocycles. The van der Waals surface area contributed by atoms with Gasteiger partial charge in [0.1, 0.15) is 0 Å². The summed E-state index contributed by atoms with van der Waals surface area (Å²) >= 11 is 0. The second-order valence-electron chi connectivity index (χ2n) is 6.61. The molecule has 2 N–H and O–H groups in total. The predicted octanol–water partition coefficient (Wildman–Crippen LogP) is 5.30. The van der Waals surface area contributed by atoms with E-state index >= 15 is 0 Å². The summed E-state index contributed by atoms with van der Waals surface area (Å²) in [7, 11) is 0. The molecule has 3 heteroatoms. The Morgan fingerprint density at radius 3 is 2.12 bits per heavy atom. The Balaban J connectivity index is 1.67. The van der Waals surface area contributed by atoms with Crippen molar-refractivity contribution in [1.82, 2.24) is 9.55 Å². The van der Waals surface area contributed by atoms with E-state index in [1.807, 2.05) is 12.3 Å². The van der Waals surface area contributed by atoms with Crippen LogP contribution in [-0.4, -0.2) is 9.55 Å². The lowest BCUT2D eigenvalue weighted by atomic mass is 9.94.